The van der Waals surface area contributed by atoms with Crippen LogP contribution in [0.25, 0.3) is 11.3 Å². The average Bonchev–Trinajstić information content (AvgIpc) is 3.40. The highest BCUT2D eigenvalue weighted by Crippen LogP contribution is 2.32. The van der Waals surface area contributed by atoms with E-state index in [1.54, 1.807) is 64.1 Å². The number of carbonyl (C=O) groups is 2. The number of rotatable bonds is 9. The van der Waals surface area contributed by atoms with Crippen molar-refractivity contribution in [3.63, 3.8) is 0 Å². The largest absolute Gasteiger partial charge is 0.350 e. The monoisotopic (exact) mass is 642 g/mol. The Morgan fingerprint density at radius 3 is 2.15 bits per heavy atom. The van der Waals surface area contributed by atoms with Crippen LogP contribution in [-0.4, -0.2) is 84.4 Å². The highest BCUT2D eigenvalue weighted by molar-refractivity contribution is 7.89. The van der Waals surface area contributed by atoms with Gasteiger partial charge in [0.05, 0.1) is 16.6 Å². The molecule has 4 aromatic rings. The quantitative estimate of drug-likeness (QED) is 0.289. The first-order valence-electron chi connectivity index (χ1n) is 15.6. The van der Waals surface area contributed by atoms with Crippen LogP contribution in [0.4, 0.5) is 0 Å². The molecule has 1 atom stereocenters. The lowest BCUT2D eigenvalue weighted by Crippen LogP contribution is -2.47. The van der Waals surface area contributed by atoms with Gasteiger partial charge in [-0.05, 0) is 37.1 Å². The predicted octanol–water partition coefficient (Wildman–Crippen LogP) is 2.82. The third-order valence-corrected chi connectivity index (χ3v) is 10.5. The van der Waals surface area contributed by atoms with Crippen molar-refractivity contribution in [1.29, 1.82) is 0 Å². The maximum absolute atomic E-state index is 14.5. The Morgan fingerprint density at radius 2 is 1.48 bits per heavy atom. The fraction of sp³-hybridized carbons (Fsp3) is 0.324. The van der Waals surface area contributed by atoms with E-state index in [2.05, 4.69) is 10.6 Å². The van der Waals surface area contributed by atoms with E-state index in [1.165, 1.54) is 8.87 Å². The number of sulfonamides is 1. The third kappa shape index (κ3) is 6.41. The van der Waals surface area contributed by atoms with Gasteiger partial charge in [0.25, 0.3) is 11.8 Å². The van der Waals surface area contributed by atoms with Gasteiger partial charge in [-0.3, -0.25) is 18.7 Å². The lowest BCUT2D eigenvalue weighted by atomic mass is 10.0. The molecule has 11 nitrogen and oxygen atoms in total. The molecule has 46 heavy (non-hydrogen) atoms. The number of carbonyl (C=O) groups excluding carboxylic acids is 2. The second kappa shape index (κ2) is 13.9. The minimum absolute atomic E-state index is 0.0656. The Balaban J connectivity index is 1.42. The van der Waals surface area contributed by atoms with Gasteiger partial charge in [-0.2, -0.15) is 4.31 Å². The van der Waals surface area contributed by atoms with Gasteiger partial charge in [-0.1, -0.05) is 66.7 Å². The van der Waals surface area contributed by atoms with Crippen molar-refractivity contribution in [2.24, 2.45) is 0 Å². The Labute approximate surface area is 268 Å². The van der Waals surface area contributed by atoms with Crippen LogP contribution in [0.1, 0.15) is 39.7 Å². The average molecular weight is 643 g/mol. The van der Waals surface area contributed by atoms with Crippen molar-refractivity contribution in [2.75, 3.05) is 45.8 Å². The van der Waals surface area contributed by atoms with Crippen molar-refractivity contribution in [1.82, 2.24) is 29.0 Å². The van der Waals surface area contributed by atoms with E-state index >= 15 is 0 Å². The van der Waals surface area contributed by atoms with Gasteiger partial charge in [0, 0.05) is 63.5 Å². The van der Waals surface area contributed by atoms with Gasteiger partial charge < -0.3 is 15.5 Å². The molecule has 2 amide bonds. The Kier molecular flexibility index (Phi) is 9.48. The predicted molar refractivity (Wildman–Crippen MR) is 175 cm³/mol. The number of nitrogens with one attached hydrogen (secondary N) is 2. The molecule has 2 aliphatic heterocycles. The van der Waals surface area contributed by atoms with Gasteiger partial charge in [-0.15, -0.1) is 0 Å². The van der Waals surface area contributed by atoms with E-state index in [9.17, 15) is 22.8 Å². The van der Waals surface area contributed by atoms with Gasteiger partial charge in [0.1, 0.15) is 5.69 Å². The highest BCUT2D eigenvalue weighted by Gasteiger charge is 2.36. The van der Waals surface area contributed by atoms with Crippen LogP contribution in [0.15, 0.2) is 101 Å². The lowest BCUT2D eigenvalue weighted by molar-refractivity contribution is 0.0725. The molecule has 1 unspecified atom stereocenters. The molecule has 240 valence electrons. The summed E-state index contributed by atoms with van der Waals surface area (Å²) < 4.78 is 31.8. The molecule has 6 rings (SSSR count). The topological polar surface area (TPSA) is 126 Å². The summed E-state index contributed by atoms with van der Waals surface area (Å²) >= 11 is 0. The Morgan fingerprint density at radius 1 is 0.848 bits per heavy atom. The summed E-state index contributed by atoms with van der Waals surface area (Å²) in [5.74, 6) is -0.546. The van der Waals surface area contributed by atoms with Crippen LogP contribution in [0.3, 0.4) is 0 Å². The third-order valence-electron chi connectivity index (χ3n) is 8.59. The van der Waals surface area contributed by atoms with Crippen molar-refractivity contribution in [3.05, 3.63) is 113 Å². The number of benzene rings is 3. The summed E-state index contributed by atoms with van der Waals surface area (Å²) in [7, 11) is -3.80. The molecule has 2 N–H and O–H groups in total. The number of imidazole rings is 1. The summed E-state index contributed by atoms with van der Waals surface area (Å²) in [5.41, 5.74) is 1.49. The Hall–Kier alpha value is -4.52. The molecule has 2 aliphatic rings. The van der Waals surface area contributed by atoms with Crippen LogP contribution in [0, 0.1) is 0 Å². The van der Waals surface area contributed by atoms with Crippen molar-refractivity contribution < 1.29 is 18.0 Å². The van der Waals surface area contributed by atoms with E-state index in [0.29, 0.717) is 62.4 Å². The number of aromatic nitrogens is 2. The fourth-order valence-corrected chi connectivity index (χ4v) is 7.82. The van der Waals surface area contributed by atoms with Crippen LogP contribution >= 0.6 is 0 Å². The maximum Gasteiger partial charge on any atom is 0.329 e. The summed E-state index contributed by atoms with van der Waals surface area (Å²) in [6.07, 6.45) is 1.12. The molecule has 2 saturated heterocycles. The summed E-state index contributed by atoms with van der Waals surface area (Å²) in [5, 5.41) is 6.15. The van der Waals surface area contributed by atoms with Crippen molar-refractivity contribution in [2.45, 2.75) is 30.3 Å². The fourth-order valence-electron chi connectivity index (χ4n) is 6.28. The van der Waals surface area contributed by atoms with Crippen LogP contribution in [0.2, 0.25) is 0 Å². The zero-order chi connectivity index (χ0) is 32.1. The molecule has 0 bridgehead atoms. The molecule has 1 aromatic heterocycles. The first kappa shape index (κ1) is 31.5. The van der Waals surface area contributed by atoms with Gasteiger partial charge >= 0.3 is 5.69 Å². The molecule has 0 spiro atoms. The number of amides is 2. The maximum atomic E-state index is 14.5. The number of hydrogen-bond donors (Lipinski definition) is 2. The molecular formula is C34H38N6O5S. The first-order valence-corrected chi connectivity index (χ1v) is 17.1. The zero-order valence-electron chi connectivity index (χ0n) is 25.5. The summed E-state index contributed by atoms with van der Waals surface area (Å²) in [4.78, 5) is 43.6. The van der Waals surface area contributed by atoms with E-state index < -0.39 is 21.8 Å². The summed E-state index contributed by atoms with van der Waals surface area (Å²) in [6, 6.07) is 25.9. The highest BCUT2D eigenvalue weighted by atomic mass is 32.2. The van der Waals surface area contributed by atoms with Gasteiger partial charge in [0.2, 0.25) is 10.0 Å². The van der Waals surface area contributed by atoms with Crippen LogP contribution < -0.4 is 16.3 Å². The van der Waals surface area contributed by atoms with Crippen molar-refractivity contribution in [3.8, 4) is 11.3 Å². The molecule has 3 aromatic carbocycles. The molecule has 0 radical (unpaired) electrons. The smallest absolute Gasteiger partial charge is 0.329 e. The van der Waals surface area contributed by atoms with E-state index in [1.807, 2.05) is 36.4 Å². The van der Waals surface area contributed by atoms with Gasteiger partial charge in [0.15, 0.2) is 0 Å². The number of piperazine rings is 1. The van der Waals surface area contributed by atoms with E-state index in [-0.39, 0.29) is 42.0 Å². The number of piperidine rings is 1. The lowest BCUT2D eigenvalue weighted by Gasteiger charge is -2.33. The summed E-state index contributed by atoms with van der Waals surface area (Å²) in [6.45, 7) is 2.87. The molecule has 3 heterocycles. The van der Waals surface area contributed by atoms with Crippen LogP contribution in [0.5, 0.6) is 0 Å². The van der Waals surface area contributed by atoms with E-state index in [0.717, 1.165) is 0 Å². The van der Waals surface area contributed by atoms with Crippen molar-refractivity contribution >= 4 is 21.8 Å². The van der Waals surface area contributed by atoms with E-state index in [4.69, 9.17) is 0 Å². The standard InChI is InChI=1S/C34H38N6O5S/c41-32(27-13-6-2-7-14-27)36-20-24-39-31(33(42)37-22-18-35-19-23-37)30(26-11-4-1-5-12-26)40(34(39)43)28-15-10-21-38(25-28)46(44,45)29-16-8-3-9-17-29/h1-9,11-14,16-17,28,35H,10,15,18-25H2,(H,36,41). The minimum atomic E-state index is -3.80. The SMILES string of the molecule is O=C(NCCn1c(C(=O)N2CCNCC2)c(-c2ccccc2)n(C2CCCN(S(=O)(=O)c3ccccc3)C2)c1=O)c1ccccc1. The molecular weight excluding hydrogens is 604 g/mol. The van der Waals surface area contributed by atoms with Crippen LogP contribution in [-0.2, 0) is 16.6 Å². The van der Waals surface area contributed by atoms with Gasteiger partial charge in [-0.25, -0.2) is 13.2 Å². The molecule has 0 saturated carbocycles. The zero-order valence-corrected chi connectivity index (χ0v) is 26.4. The molecule has 2 fully saturated rings. The number of hydrogen-bond acceptors (Lipinski definition) is 6. The first-order chi connectivity index (χ1) is 22.4. The second-order valence-corrected chi connectivity index (χ2v) is 13.4. The minimum Gasteiger partial charge on any atom is -0.350 e. The normalized spacial score (nSPS) is 17.5. The molecule has 12 heteroatoms. The second-order valence-electron chi connectivity index (χ2n) is 11.5. The molecule has 0 aliphatic carbocycles. The number of nitrogens with zero attached hydrogens (tertiary/aromatic N) is 4. The Bertz CT molecular complexity index is 1840.